The molecule has 0 bridgehead atoms. The van der Waals surface area contributed by atoms with Gasteiger partial charge in [0.2, 0.25) is 5.89 Å². The highest BCUT2D eigenvalue weighted by molar-refractivity contribution is 4.84. The molecule has 0 amide bonds. The van der Waals surface area contributed by atoms with E-state index in [9.17, 15) is 0 Å². The molecule has 0 aliphatic carbocycles. The summed E-state index contributed by atoms with van der Waals surface area (Å²) in [7, 11) is 1.89. The summed E-state index contributed by atoms with van der Waals surface area (Å²) in [5.74, 6) is 1.29. The summed E-state index contributed by atoms with van der Waals surface area (Å²) in [6, 6.07) is 0. The zero-order valence-electron chi connectivity index (χ0n) is 8.75. The van der Waals surface area contributed by atoms with Gasteiger partial charge >= 0.3 is 0 Å². The minimum absolute atomic E-state index is 0.441. The van der Waals surface area contributed by atoms with Crippen molar-refractivity contribution in [1.29, 1.82) is 0 Å². The normalized spacial score (nSPS) is 10.7. The van der Waals surface area contributed by atoms with Crippen LogP contribution in [0.25, 0.3) is 0 Å². The average molecular weight is 199 g/mol. The number of hydrogen-bond donors (Lipinski definition) is 1. The number of hydrogen-bond acceptors (Lipinski definition) is 5. The van der Waals surface area contributed by atoms with Crippen molar-refractivity contribution in [2.75, 3.05) is 20.2 Å². The van der Waals surface area contributed by atoms with Crippen LogP contribution in [0.1, 0.15) is 25.1 Å². The van der Waals surface area contributed by atoms with Crippen molar-refractivity contribution in [2.24, 2.45) is 0 Å². The third-order valence-electron chi connectivity index (χ3n) is 1.68. The molecule has 0 aromatic carbocycles. The minimum Gasteiger partial charge on any atom is -0.373 e. The van der Waals surface area contributed by atoms with Crippen LogP contribution in [0, 0.1) is 0 Å². The monoisotopic (exact) mass is 199 g/mol. The van der Waals surface area contributed by atoms with Crippen LogP contribution < -0.4 is 5.32 Å². The van der Waals surface area contributed by atoms with Crippen LogP contribution in [-0.4, -0.2) is 30.3 Å². The summed E-state index contributed by atoms with van der Waals surface area (Å²) < 4.78 is 10.3. The van der Waals surface area contributed by atoms with Gasteiger partial charge < -0.3 is 14.6 Å². The molecule has 1 N–H and O–H groups in total. The molecule has 1 aromatic rings. The number of aromatic nitrogens is 2. The van der Waals surface area contributed by atoms with Crippen LogP contribution in [0.15, 0.2) is 4.52 Å². The Morgan fingerprint density at radius 3 is 3.07 bits per heavy atom. The predicted octanol–water partition coefficient (Wildman–Crippen LogP) is 0.758. The molecular formula is C9H17N3O2. The second-order valence-corrected chi connectivity index (χ2v) is 3.01. The molecule has 0 saturated heterocycles. The van der Waals surface area contributed by atoms with Crippen molar-refractivity contribution in [3.05, 3.63) is 11.7 Å². The Morgan fingerprint density at radius 2 is 2.36 bits per heavy atom. The van der Waals surface area contributed by atoms with Gasteiger partial charge in [-0.25, -0.2) is 0 Å². The van der Waals surface area contributed by atoms with E-state index in [1.54, 1.807) is 0 Å². The topological polar surface area (TPSA) is 60.2 Å². The van der Waals surface area contributed by atoms with Crippen molar-refractivity contribution in [1.82, 2.24) is 15.5 Å². The Bertz CT molecular complexity index is 250. The molecule has 5 heteroatoms. The van der Waals surface area contributed by atoms with Gasteiger partial charge in [0.15, 0.2) is 5.82 Å². The summed E-state index contributed by atoms with van der Waals surface area (Å²) in [4.78, 5) is 4.18. The van der Waals surface area contributed by atoms with Crippen LogP contribution in [0.2, 0.25) is 0 Å². The Balaban J connectivity index is 2.27. The van der Waals surface area contributed by atoms with Gasteiger partial charge in [-0.05, 0) is 13.5 Å². The Labute approximate surface area is 83.8 Å². The van der Waals surface area contributed by atoms with E-state index in [0.29, 0.717) is 18.3 Å². The second-order valence-electron chi connectivity index (χ2n) is 3.01. The summed E-state index contributed by atoms with van der Waals surface area (Å²) in [5, 5.41) is 6.82. The summed E-state index contributed by atoms with van der Waals surface area (Å²) in [6.07, 6.45) is 1.77. The molecule has 0 spiro atoms. The van der Waals surface area contributed by atoms with E-state index in [2.05, 4.69) is 22.4 Å². The van der Waals surface area contributed by atoms with Crippen LogP contribution in [0.5, 0.6) is 0 Å². The van der Waals surface area contributed by atoms with Gasteiger partial charge in [0.05, 0.1) is 0 Å². The number of ether oxygens (including phenoxy) is 1. The maximum Gasteiger partial charge on any atom is 0.228 e. The van der Waals surface area contributed by atoms with Gasteiger partial charge in [0.1, 0.15) is 6.61 Å². The summed E-state index contributed by atoms with van der Waals surface area (Å²) in [6.45, 7) is 4.09. The van der Waals surface area contributed by atoms with E-state index in [-0.39, 0.29) is 0 Å². The first-order valence-electron chi connectivity index (χ1n) is 4.90. The number of nitrogens with zero attached hydrogens (tertiary/aromatic N) is 2. The second kappa shape index (κ2) is 6.50. The molecule has 80 valence electrons. The Kier molecular flexibility index (Phi) is 5.17. The highest BCUT2D eigenvalue weighted by atomic mass is 16.5. The standard InChI is InChI=1S/C9H17N3O2/c1-3-6-13-7-8-11-9(14-12-8)4-5-10-2/h10H,3-7H2,1-2H3. The molecule has 1 aromatic heterocycles. The van der Waals surface area contributed by atoms with Crippen LogP contribution in [0.3, 0.4) is 0 Å². The minimum atomic E-state index is 0.441. The number of nitrogens with one attached hydrogen (secondary N) is 1. The quantitative estimate of drug-likeness (QED) is 0.657. The third-order valence-corrected chi connectivity index (χ3v) is 1.68. The zero-order chi connectivity index (χ0) is 10.2. The Morgan fingerprint density at radius 1 is 1.50 bits per heavy atom. The molecule has 0 saturated carbocycles. The molecule has 0 atom stereocenters. The van der Waals surface area contributed by atoms with Crippen LogP contribution >= 0.6 is 0 Å². The van der Waals surface area contributed by atoms with Crippen LogP contribution in [-0.2, 0) is 17.8 Å². The highest BCUT2D eigenvalue weighted by Crippen LogP contribution is 1.99. The van der Waals surface area contributed by atoms with E-state index in [1.807, 2.05) is 7.05 Å². The lowest BCUT2D eigenvalue weighted by molar-refractivity contribution is 0.114. The lowest BCUT2D eigenvalue weighted by atomic mass is 10.4. The first kappa shape index (κ1) is 11.1. The van der Waals surface area contributed by atoms with Gasteiger partial charge in [-0.15, -0.1) is 0 Å². The van der Waals surface area contributed by atoms with Gasteiger partial charge in [-0.2, -0.15) is 4.98 Å². The molecular weight excluding hydrogens is 182 g/mol. The molecule has 1 heterocycles. The maximum atomic E-state index is 5.29. The molecule has 0 fully saturated rings. The molecule has 0 radical (unpaired) electrons. The van der Waals surface area contributed by atoms with Gasteiger partial charge in [0.25, 0.3) is 0 Å². The van der Waals surface area contributed by atoms with E-state index in [1.165, 1.54) is 0 Å². The van der Waals surface area contributed by atoms with Gasteiger partial charge in [-0.3, -0.25) is 0 Å². The van der Waals surface area contributed by atoms with Crippen molar-refractivity contribution in [3.63, 3.8) is 0 Å². The van der Waals surface area contributed by atoms with Gasteiger partial charge in [-0.1, -0.05) is 12.1 Å². The van der Waals surface area contributed by atoms with Crippen molar-refractivity contribution >= 4 is 0 Å². The van der Waals surface area contributed by atoms with E-state index in [4.69, 9.17) is 9.26 Å². The molecule has 0 unspecified atom stereocenters. The SMILES string of the molecule is CCCOCc1noc(CCNC)n1. The zero-order valence-corrected chi connectivity index (χ0v) is 8.75. The van der Waals surface area contributed by atoms with Crippen molar-refractivity contribution in [3.8, 4) is 0 Å². The molecule has 14 heavy (non-hydrogen) atoms. The highest BCUT2D eigenvalue weighted by Gasteiger charge is 2.04. The van der Waals surface area contributed by atoms with Crippen molar-refractivity contribution < 1.29 is 9.26 Å². The predicted molar refractivity (Wildman–Crippen MR) is 51.9 cm³/mol. The van der Waals surface area contributed by atoms with Crippen LogP contribution in [0.4, 0.5) is 0 Å². The third kappa shape index (κ3) is 3.85. The number of rotatable bonds is 7. The molecule has 0 aliphatic heterocycles. The Hall–Kier alpha value is -0.940. The van der Waals surface area contributed by atoms with E-state index in [0.717, 1.165) is 26.0 Å². The first-order chi connectivity index (χ1) is 6.86. The lowest BCUT2D eigenvalue weighted by Gasteiger charge is -1.95. The van der Waals surface area contributed by atoms with Crippen molar-refractivity contribution in [2.45, 2.75) is 26.4 Å². The fourth-order valence-electron chi connectivity index (χ4n) is 0.990. The lowest BCUT2D eigenvalue weighted by Crippen LogP contribution is -2.10. The molecule has 1 rings (SSSR count). The largest absolute Gasteiger partial charge is 0.373 e. The van der Waals surface area contributed by atoms with E-state index >= 15 is 0 Å². The molecule has 0 aliphatic rings. The summed E-state index contributed by atoms with van der Waals surface area (Å²) >= 11 is 0. The average Bonchev–Trinajstić information content (AvgIpc) is 2.63. The summed E-state index contributed by atoms with van der Waals surface area (Å²) in [5.41, 5.74) is 0. The smallest absolute Gasteiger partial charge is 0.228 e. The number of likely N-dealkylation sites (N-methyl/N-ethyl adjacent to an activating group) is 1. The fourth-order valence-corrected chi connectivity index (χ4v) is 0.990. The fraction of sp³-hybridized carbons (Fsp3) is 0.778. The van der Waals surface area contributed by atoms with Gasteiger partial charge in [0, 0.05) is 19.6 Å². The maximum absolute atomic E-state index is 5.29. The van der Waals surface area contributed by atoms with E-state index < -0.39 is 0 Å². The first-order valence-corrected chi connectivity index (χ1v) is 4.90. The molecule has 5 nitrogen and oxygen atoms in total.